The first-order valence-electron chi connectivity index (χ1n) is 7.38. The zero-order valence-electron chi connectivity index (χ0n) is 12.9. The zero-order chi connectivity index (χ0) is 17.4. The second-order valence-corrected chi connectivity index (χ2v) is 9.86. The Morgan fingerprint density at radius 2 is 1.74 bits per heavy atom. The summed E-state index contributed by atoms with van der Waals surface area (Å²) >= 11 is 5.34. The topological polar surface area (TPSA) is 26.0 Å². The number of hydrogen-bond acceptors (Lipinski definition) is 3. The first-order chi connectivity index (χ1) is 10.6. The minimum absolute atomic E-state index is 0.0561. The molecule has 0 spiro atoms. The van der Waals surface area contributed by atoms with E-state index in [2.05, 4.69) is 19.6 Å². The third-order valence-corrected chi connectivity index (χ3v) is 7.80. The predicted molar refractivity (Wildman–Crippen MR) is 92.5 cm³/mol. The Hall–Kier alpha value is 0.0300. The molecule has 23 heavy (non-hydrogen) atoms. The Morgan fingerprint density at radius 3 is 2.26 bits per heavy atom. The lowest BCUT2D eigenvalue weighted by Gasteiger charge is -2.40. The van der Waals surface area contributed by atoms with Gasteiger partial charge in [-0.2, -0.15) is 12.6 Å². The molecule has 1 aliphatic rings. The van der Waals surface area contributed by atoms with Crippen LogP contribution in [-0.2, 0) is 0 Å². The maximum absolute atomic E-state index is 13.8. The SMILES string of the molecule is Cc1c(F)c(F)c(SPCC2CCC(C)CC2(N)S)c(F)c1F. The van der Waals surface area contributed by atoms with Crippen molar-refractivity contribution in [2.24, 2.45) is 17.6 Å². The summed E-state index contributed by atoms with van der Waals surface area (Å²) in [5.74, 6) is -4.67. The average molecular weight is 385 g/mol. The fourth-order valence-corrected chi connectivity index (χ4v) is 6.75. The fraction of sp³-hybridized carbons (Fsp3) is 0.600. The molecule has 0 bridgehead atoms. The number of benzene rings is 1. The van der Waals surface area contributed by atoms with Crippen molar-refractivity contribution in [1.29, 1.82) is 0 Å². The van der Waals surface area contributed by atoms with E-state index < -0.39 is 38.6 Å². The minimum atomic E-state index is -1.33. The van der Waals surface area contributed by atoms with Crippen molar-refractivity contribution in [2.45, 2.75) is 42.9 Å². The van der Waals surface area contributed by atoms with Crippen molar-refractivity contribution < 1.29 is 17.6 Å². The monoisotopic (exact) mass is 385 g/mol. The van der Waals surface area contributed by atoms with Crippen LogP contribution in [0, 0.1) is 42.0 Å². The number of hydrogen-bond donors (Lipinski definition) is 2. The summed E-state index contributed by atoms with van der Waals surface area (Å²) < 4.78 is 54.8. The van der Waals surface area contributed by atoms with Crippen molar-refractivity contribution in [3.8, 4) is 0 Å². The van der Waals surface area contributed by atoms with Crippen LogP contribution in [0.4, 0.5) is 17.6 Å². The van der Waals surface area contributed by atoms with Gasteiger partial charge in [0.25, 0.3) is 0 Å². The smallest absolute Gasteiger partial charge is 0.176 e. The summed E-state index contributed by atoms with van der Waals surface area (Å²) in [6.45, 7) is 3.13. The standard InChI is InChI=1S/C15H20F4NPS2/c1-7-3-4-9(15(20,22)5-7)6-21-23-14-12(18)10(16)8(2)11(17)13(14)19/h7,9,21-22H,3-6,20H2,1-2H3. The lowest BCUT2D eigenvalue weighted by Crippen LogP contribution is -2.47. The molecule has 1 nitrogen and oxygen atoms in total. The Kier molecular flexibility index (Phi) is 6.32. The van der Waals surface area contributed by atoms with Gasteiger partial charge in [0.15, 0.2) is 23.3 Å². The molecule has 8 heteroatoms. The number of halogens is 4. The average Bonchev–Trinajstić information content (AvgIpc) is 2.48. The van der Waals surface area contributed by atoms with Gasteiger partial charge in [0.05, 0.1) is 9.77 Å². The molecule has 0 aromatic heterocycles. The molecule has 1 saturated carbocycles. The summed E-state index contributed by atoms with van der Waals surface area (Å²) in [5.41, 5.74) is 5.58. The van der Waals surface area contributed by atoms with E-state index in [1.54, 1.807) is 0 Å². The summed E-state index contributed by atoms with van der Waals surface area (Å²) in [5, 5.41) is 0. The van der Waals surface area contributed by atoms with E-state index in [1.807, 2.05) is 0 Å². The third kappa shape index (κ3) is 4.17. The molecule has 0 saturated heterocycles. The quantitative estimate of drug-likeness (QED) is 0.243. The van der Waals surface area contributed by atoms with Gasteiger partial charge in [-0.05, 0) is 37.8 Å². The van der Waals surface area contributed by atoms with E-state index in [-0.39, 0.29) is 13.7 Å². The fourth-order valence-electron chi connectivity index (χ4n) is 2.87. The van der Waals surface area contributed by atoms with Crippen LogP contribution < -0.4 is 5.73 Å². The number of rotatable bonds is 4. The highest BCUT2D eigenvalue weighted by Gasteiger charge is 2.36. The maximum atomic E-state index is 13.8. The van der Waals surface area contributed by atoms with Crippen molar-refractivity contribution in [1.82, 2.24) is 0 Å². The molecule has 0 amide bonds. The molecular weight excluding hydrogens is 365 g/mol. The summed E-state index contributed by atoms with van der Waals surface area (Å²) in [6, 6.07) is 0. The Morgan fingerprint density at radius 1 is 1.17 bits per heavy atom. The van der Waals surface area contributed by atoms with Gasteiger partial charge in [0.2, 0.25) is 0 Å². The Balaban J connectivity index is 2.05. The van der Waals surface area contributed by atoms with E-state index in [1.165, 1.54) is 0 Å². The highest BCUT2D eigenvalue weighted by Crippen LogP contribution is 2.47. The third-order valence-electron chi connectivity index (χ3n) is 4.34. The molecule has 0 heterocycles. The van der Waals surface area contributed by atoms with Gasteiger partial charge in [0.1, 0.15) is 0 Å². The Labute approximate surface area is 145 Å². The van der Waals surface area contributed by atoms with E-state index in [4.69, 9.17) is 5.73 Å². The van der Waals surface area contributed by atoms with Crippen LogP contribution in [0.25, 0.3) is 0 Å². The second-order valence-electron chi connectivity index (χ2n) is 6.24. The highest BCUT2D eigenvalue weighted by atomic mass is 32.7. The van der Waals surface area contributed by atoms with Gasteiger partial charge < -0.3 is 5.73 Å². The minimum Gasteiger partial charge on any atom is -0.317 e. The van der Waals surface area contributed by atoms with Crippen molar-refractivity contribution in [3.05, 3.63) is 28.8 Å². The number of nitrogens with two attached hydrogens (primary N) is 1. The second kappa shape index (κ2) is 7.51. The molecule has 130 valence electrons. The normalized spacial score (nSPS) is 28.7. The summed E-state index contributed by atoms with van der Waals surface area (Å²) in [4.78, 5) is -1.19. The van der Waals surface area contributed by atoms with Crippen LogP contribution in [-0.4, -0.2) is 11.0 Å². The molecule has 1 aromatic rings. The van der Waals surface area contributed by atoms with E-state index in [0.29, 0.717) is 12.1 Å². The van der Waals surface area contributed by atoms with Crippen LogP contribution in [0.2, 0.25) is 0 Å². The Bertz CT molecular complexity index is 568. The van der Waals surface area contributed by atoms with Crippen LogP contribution in [0.15, 0.2) is 4.90 Å². The molecule has 1 aliphatic carbocycles. The van der Waals surface area contributed by atoms with Gasteiger partial charge in [-0.3, -0.25) is 0 Å². The first kappa shape index (κ1) is 19.4. The van der Waals surface area contributed by atoms with Gasteiger partial charge in [-0.25, -0.2) is 17.6 Å². The lowest BCUT2D eigenvalue weighted by atomic mass is 9.80. The highest BCUT2D eigenvalue weighted by molar-refractivity contribution is 8.49. The van der Waals surface area contributed by atoms with Gasteiger partial charge in [-0.15, -0.1) is 0 Å². The van der Waals surface area contributed by atoms with Gasteiger partial charge in [0, 0.05) is 5.56 Å². The molecule has 2 N–H and O–H groups in total. The molecule has 2 rings (SSSR count). The molecule has 1 fully saturated rings. The number of thiol groups is 1. The van der Waals surface area contributed by atoms with Crippen LogP contribution >= 0.6 is 31.8 Å². The van der Waals surface area contributed by atoms with E-state index >= 15 is 0 Å². The van der Waals surface area contributed by atoms with Crippen molar-refractivity contribution in [3.63, 3.8) is 0 Å². The van der Waals surface area contributed by atoms with Crippen molar-refractivity contribution >= 4 is 31.8 Å². The van der Waals surface area contributed by atoms with Crippen LogP contribution in [0.3, 0.4) is 0 Å². The first-order valence-corrected chi connectivity index (χ1v) is 10.6. The maximum Gasteiger partial charge on any atom is 0.176 e. The molecule has 0 radical (unpaired) electrons. The predicted octanol–water partition coefficient (Wildman–Crippen LogP) is 5.26. The molecule has 0 aliphatic heterocycles. The lowest BCUT2D eigenvalue weighted by molar-refractivity contribution is 0.246. The van der Waals surface area contributed by atoms with Crippen molar-refractivity contribution in [2.75, 3.05) is 6.16 Å². The molecule has 1 aromatic carbocycles. The molecule has 4 unspecified atom stereocenters. The van der Waals surface area contributed by atoms with Gasteiger partial charge in [-0.1, -0.05) is 32.5 Å². The molecule has 4 atom stereocenters. The van der Waals surface area contributed by atoms with E-state index in [0.717, 1.165) is 37.6 Å². The summed E-state index contributed by atoms with van der Waals surface area (Å²) in [7, 11) is 0.0561. The summed E-state index contributed by atoms with van der Waals surface area (Å²) in [6.07, 6.45) is 3.34. The van der Waals surface area contributed by atoms with Gasteiger partial charge >= 0.3 is 0 Å². The zero-order valence-corrected chi connectivity index (χ0v) is 15.6. The van der Waals surface area contributed by atoms with E-state index in [9.17, 15) is 17.6 Å². The van der Waals surface area contributed by atoms with Crippen LogP contribution in [0.1, 0.15) is 31.7 Å². The molecular formula is C15H20F4NPS2. The largest absolute Gasteiger partial charge is 0.317 e. The van der Waals surface area contributed by atoms with Crippen LogP contribution in [0.5, 0.6) is 0 Å².